The van der Waals surface area contributed by atoms with Crippen molar-refractivity contribution in [3.05, 3.63) is 89.1 Å². The number of hydrogen-bond acceptors (Lipinski definition) is 4. The Hall–Kier alpha value is -3.19. The molecule has 1 amide bonds. The number of sulfonamides is 1. The van der Waals surface area contributed by atoms with Crippen molar-refractivity contribution in [2.24, 2.45) is 0 Å². The van der Waals surface area contributed by atoms with Crippen LogP contribution >= 0.6 is 0 Å². The number of nitrogens with one attached hydrogen (secondary N) is 1. The Morgan fingerprint density at radius 2 is 1.72 bits per heavy atom. The zero-order valence-electron chi connectivity index (χ0n) is 18.5. The van der Waals surface area contributed by atoms with Crippen LogP contribution in [0.2, 0.25) is 0 Å². The molecule has 2 aromatic carbocycles. The third kappa shape index (κ3) is 4.25. The minimum atomic E-state index is -3.72. The molecule has 1 aromatic heterocycles. The Bertz CT molecular complexity index is 1240. The molecule has 1 unspecified atom stereocenters. The van der Waals surface area contributed by atoms with Crippen LogP contribution in [0.1, 0.15) is 36.1 Å². The summed E-state index contributed by atoms with van der Waals surface area (Å²) in [6, 6.07) is 18.8. The van der Waals surface area contributed by atoms with Crippen molar-refractivity contribution < 1.29 is 13.2 Å². The van der Waals surface area contributed by atoms with E-state index in [-0.39, 0.29) is 10.8 Å². The zero-order valence-corrected chi connectivity index (χ0v) is 19.3. The lowest BCUT2D eigenvalue weighted by molar-refractivity contribution is -0.119. The second kappa shape index (κ2) is 8.39. The maximum atomic E-state index is 13.5. The molecule has 3 aromatic rings. The minimum Gasteiger partial charge on any atom is -0.352 e. The van der Waals surface area contributed by atoms with Crippen LogP contribution < -0.4 is 9.62 Å². The molecule has 7 heteroatoms. The maximum absolute atomic E-state index is 13.5. The summed E-state index contributed by atoms with van der Waals surface area (Å²) >= 11 is 0. The molecule has 0 saturated heterocycles. The topological polar surface area (TPSA) is 79.4 Å². The minimum absolute atomic E-state index is 0.0634. The van der Waals surface area contributed by atoms with E-state index >= 15 is 0 Å². The van der Waals surface area contributed by atoms with Gasteiger partial charge in [-0.1, -0.05) is 55.0 Å². The lowest BCUT2D eigenvalue weighted by atomic mass is 9.79. The number of carbonyl (C=O) groups is 1. The number of benzene rings is 2. The summed E-state index contributed by atoms with van der Waals surface area (Å²) in [5.74, 6) is 0.435. The molecule has 1 atom stereocenters. The lowest BCUT2D eigenvalue weighted by Crippen LogP contribution is -2.36. The van der Waals surface area contributed by atoms with Gasteiger partial charge in [-0.2, -0.15) is 0 Å². The first kappa shape index (κ1) is 22.0. The van der Waals surface area contributed by atoms with E-state index in [4.69, 9.17) is 0 Å². The van der Waals surface area contributed by atoms with Gasteiger partial charge in [-0.25, -0.2) is 17.7 Å². The highest BCUT2D eigenvalue weighted by molar-refractivity contribution is 7.92. The van der Waals surface area contributed by atoms with Gasteiger partial charge in [-0.15, -0.1) is 0 Å². The third-order valence-electron chi connectivity index (χ3n) is 5.93. The Morgan fingerprint density at radius 1 is 1.06 bits per heavy atom. The van der Waals surface area contributed by atoms with Crippen molar-refractivity contribution in [2.45, 2.75) is 44.0 Å². The monoisotopic (exact) mass is 449 g/mol. The average Bonchev–Trinajstić information content (AvgIpc) is 3.07. The summed E-state index contributed by atoms with van der Waals surface area (Å²) in [6.45, 7) is 6.33. The van der Waals surface area contributed by atoms with E-state index in [2.05, 4.69) is 17.2 Å². The van der Waals surface area contributed by atoms with Crippen molar-refractivity contribution in [3.63, 3.8) is 0 Å². The first-order valence-corrected chi connectivity index (χ1v) is 12.0. The van der Waals surface area contributed by atoms with Gasteiger partial charge in [0.1, 0.15) is 5.82 Å². The Balaban J connectivity index is 1.63. The van der Waals surface area contributed by atoms with Gasteiger partial charge in [0.15, 0.2) is 0 Å². The van der Waals surface area contributed by atoms with Crippen LogP contribution in [0.15, 0.2) is 71.8 Å². The number of nitrogens with zero attached hydrogens (tertiary/aromatic N) is 2. The predicted octanol–water partition coefficient (Wildman–Crippen LogP) is 3.74. The quantitative estimate of drug-likeness (QED) is 0.622. The van der Waals surface area contributed by atoms with E-state index in [1.807, 2.05) is 55.5 Å². The van der Waals surface area contributed by atoms with Gasteiger partial charge in [0.05, 0.1) is 4.90 Å². The van der Waals surface area contributed by atoms with E-state index in [1.165, 1.54) is 11.2 Å². The highest BCUT2D eigenvalue weighted by Crippen LogP contribution is 2.43. The van der Waals surface area contributed by atoms with E-state index in [0.29, 0.717) is 25.3 Å². The maximum Gasteiger partial charge on any atom is 0.265 e. The van der Waals surface area contributed by atoms with Gasteiger partial charge in [-0.05, 0) is 42.7 Å². The fraction of sp³-hybridized carbons (Fsp3) is 0.280. The number of fused-ring (bicyclic) bond motifs is 1. The molecule has 0 fully saturated rings. The van der Waals surface area contributed by atoms with Crippen LogP contribution in [-0.4, -0.2) is 25.9 Å². The van der Waals surface area contributed by atoms with E-state index < -0.39 is 15.4 Å². The Kier molecular flexibility index (Phi) is 5.77. The van der Waals surface area contributed by atoms with E-state index in [1.54, 1.807) is 18.3 Å². The molecule has 0 radical (unpaired) electrons. The number of amides is 1. The van der Waals surface area contributed by atoms with Crippen LogP contribution in [0.5, 0.6) is 0 Å². The summed E-state index contributed by atoms with van der Waals surface area (Å²) in [5.41, 5.74) is 3.64. The number of pyridine rings is 1. The largest absolute Gasteiger partial charge is 0.352 e. The zero-order chi connectivity index (χ0) is 22.9. The molecule has 4 rings (SSSR count). The Labute approximate surface area is 189 Å². The molecular formula is C25H27N3O3S. The standard InChI is InChI=1S/C25H27N3O3S/c1-18-6-12-22(13-7-18)32(30,31)28-17-25(3,23-5-4-14-26-24(23)28)15-20-8-10-21(11-9-20)16-27-19(2)29/h4-14H,15-17H2,1-3H3,(H,27,29). The highest BCUT2D eigenvalue weighted by atomic mass is 32.2. The first-order valence-electron chi connectivity index (χ1n) is 10.6. The number of hydrogen-bond donors (Lipinski definition) is 1. The van der Waals surface area contributed by atoms with E-state index in [9.17, 15) is 13.2 Å². The molecule has 0 saturated carbocycles. The van der Waals surface area contributed by atoms with Crippen molar-refractivity contribution in [1.29, 1.82) is 0 Å². The summed E-state index contributed by atoms with van der Waals surface area (Å²) in [6.07, 6.45) is 2.31. The van der Waals surface area contributed by atoms with Gasteiger partial charge in [-0.3, -0.25) is 4.79 Å². The average molecular weight is 450 g/mol. The van der Waals surface area contributed by atoms with Crippen molar-refractivity contribution >= 4 is 21.7 Å². The summed E-state index contributed by atoms with van der Waals surface area (Å²) in [5, 5.41) is 2.80. The Morgan fingerprint density at radius 3 is 2.38 bits per heavy atom. The second-order valence-corrected chi connectivity index (χ2v) is 10.5. The fourth-order valence-corrected chi connectivity index (χ4v) is 5.75. The second-order valence-electron chi connectivity index (χ2n) is 8.66. The van der Waals surface area contributed by atoms with Gasteiger partial charge in [0.2, 0.25) is 5.91 Å². The molecule has 1 aliphatic heterocycles. The molecule has 0 aliphatic carbocycles. The third-order valence-corrected chi connectivity index (χ3v) is 7.68. The SMILES string of the molecule is CC(=O)NCc1ccc(CC2(C)CN(S(=O)(=O)c3ccc(C)cc3)c3ncccc32)cc1. The van der Waals surface area contributed by atoms with Crippen molar-refractivity contribution in [1.82, 2.24) is 10.3 Å². The molecule has 6 nitrogen and oxygen atoms in total. The first-order chi connectivity index (χ1) is 15.2. The predicted molar refractivity (Wildman–Crippen MR) is 125 cm³/mol. The molecule has 1 N–H and O–H groups in total. The molecule has 1 aliphatic rings. The van der Waals surface area contributed by atoms with Gasteiger partial charge in [0.25, 0.3) is 10.0 Å². The fourth-order valence-electron chi connectivity index (χ4n) is 4.18. The van der Waals surface area contributed by atoms with Crippen LogP contribution in [0.25, 0.3) is 0 Å². The summed E-state index contributed by atoms with van der Waals surface area (Å²) < 4.78 is 28.4. The molecule has 2 heterocycles. The molecule has 0 spiro atoms. The molecule has 0 bridgehead atoms. The lowest BCUT2D eigenvalue weighted by Gasteiger charge is -2.26. The number of aryl methyl sites for hydroxylation is 1. The van der Waals surface area contributed by atoms with Crippen molar-refractivity contribution in [3.8, 4) is 0 Å². The number of carbonyl (C=O) groups excluding carboxylic acids is 1. The van der Waals surface area contributed by atoms with Crippen LogP contribution in [0.3, 0.4) is 0 Å². The normalized spacial score (nSPS) is 17.8. The summed E-state index contributed by atoms with van der Waals surface area (Å²) in [4.78, 5) is 15.9. The smallest absolute Gasteiger partial charge is 0.265 e. The number of rotatable bonds is 6. The molecule has 32 heavy (non-hydrogen) atoms. The molecule has 166 valence electrons. The number of aromatic nitrogens is 1. The van der Waals surface area contributed by atoms with Gasteiger partial charge < -0.3 is 5.32 Å². The summed E-state index contributed by atoms with van der Waals surface area (Å²) in [7, 11) is -3.72. The van der Waals surface area contributed by atoms with Crippen molar-refractivity contribution in [2.75, 3.05) is 10.8 Å². The number of anilines is 1. The van der Waals surface area contributed by atoms with Crippen LogP contribution in [0.4, 0.5) is 5.82 Å². The van der Waals surface area contributed by atoms with Crippen LogP contribution in [0, 0.1) is 6.92 Å². The highest BCUT2D eigenvalue weighted by Gasteiger charge is 2.44. The molecular weight excluding hydrogens is 422 g/mol. The van der Waals surface area contributed by atoms with Gasteiger partial charge >= 0.3 is 0 Å². The van der Waals surface area contributed by atoms with E-state index in [0.717, 1.165) is 22.3 Å². The van der Waals surface area contributed by atoms with Gasteiger partial charge in [0, 0.05) is 37.2 Å². The van der Waals surface area contributed by atoms with Crippen LogP contribution in [-0.2, 0) is 33.2 Å².